The lowest BCUT2D eigenvalue weighted by molar-refractivity contribution is -0.118. The number of aromatic nitrogens is 6. The lowest BCUT2D eigenvalue weighted by Gasteiger charge is -2.08. The molecule has 2 N–H and O–H groups in total. The molecule has 0 radical (unpaired) electrons. The molecule has 0 aliphatic rings. The Bertz CT molecular complexity index is 1120. The molecule has 1 aromatic carbocycles. The maximum absolute atomic E-state index is 12.0. The van der Waals surface area contributed by atoms with Crippen molar-refractivity contribution in [2.24, 2.45) is 0 Å². The minimum atomic E-state index is -0.0770. The molecule has 0 spiro atoms. The van der Waals surface area contributed by atoms with Gasteiger partial charge in [-0.1, -0.05) is 42.1 Å². The maximum atomic E-state index is 12.0. The smallest absolute Gasteiger partial charge is 0.230 e. The van der Waals surface area contributed by atoms with Crippen LogP contribution in [0.4, 0.5) is 5.82 Å². The van der Waals surface area contributed by atoms with Crippen molar-refractivity contribution in [1.82, 2.24) is 35.0 Å². The van der Waals surface area contributed by atoms with Crippen LogP contribution in [0.5, 0.6) is 0 Å². The molecule has 3 aromatic heterocycles. The van der Waals surface area contributed by atoms with Crippen LogP contribution in [-0.4, -0.2) is 54.5 Å². The number of fused-ring (bicyclic) bond motifs is 1. The number of carbonyl (C=O) groups excluding carboxylic acids is 1. The monoisotopic (exact) mass is 434 g/mol. The molecule has 0 aliphatic carbocycles. The van der Waals surface area contributed by atoms with E-state index >= 15 is 0 Å². The van der Waals surface area contributed by atoms with Crippen LogP contribution in [0.25, 0.3) is 11.0 Å². The van der Waals surface area contributed by atoms with Gasteiger partial charge in [0.2, 0.25) is 5.91 Å². The van der Waals surface area contributed by atoms with Gasteiger partial charge in [-0.3, -0.25) is 4.79 Å². The van der Waals surface area contributed by atoms with E-state index < -0.39 is 0 Å². The van der Waals surface area contributed by atoms with Gasteiger partial charge in [-0.25, -0.2) is 24.6 Å². The molecule has 9 nitrogen and oxygen atoms in total. The Kier molecular flexibility index (Phi) is 7.01. The average molecular weight is 435 g/mol. The Labute approximate surface area is 183 Å². The molecular formula is C21H22N8OS. The van der Waals surface area contributed by atoms with Gasteiger partial charge >= 0.3 is 0 Å². The zero-order valence-corrected chi connectivity index (χ0v) is 17.6. The molecule has 10 heteroatoms. The predicted octanol–water partition coefficient (Wildman–Crippen LogP) is 2.18. The highest BCUT2D eigenvalue weighted by Gasteiger charge is 2.10. The molecular weight excluding hydrogens is 412 g/mol. The summed E-state index contributed by atoms with van der Waals surface area (Å²) in [4.78, 5) is 28.9. The first kappa shape index (κ1) is 20.7. The number of hydrogen-bond acceptors (Lipinski definition) is 8. The molecule has 31 heavy (non-hydrogen) atoms. The quantitative estimate of drug-likeness (QED) is 0.289. The van der Waals surface area contributed by atoms with Gasteiger partial charge in [0.25, 0.3) is 0 Å². The van der Waals surface area contributed by atoms with Crippen LogP contribution in [0.15, 0.2) is 66.5 Å². The van der Waals surface area contributed by atoms with Crippen LogP contribution >= 0.6 is 11.8 Å². The SMILES string of the molecule is O=C(CSc1ncccn1)NCCn1ncc2c(NCCc3ccccc3)ncnc21. The van der Waals surface area contributed by atoms with Crippen molar-refractivity contribution in [3.63, 3.8) is 0 Å². The Morgan fingerprint density at radius 1 is 1.00 bits per heavy atom. The van der Waals surface area contributed by atoms with E-state index in [1.165, 1.54) is 23.7 Å². The first-order valence-electron chi connectivity index (χ1n) is 9.90. The van der Waals surface area contributed by atoms with E-state index in [1.807, 2.05) is 18.2 Å². The third-order valence-corrected chi connectivity index (χ3v) is 5.38. The number of carbonyl (C=O) groups is 1. The maximum Gasteiger partial charge on any atom is 0.230 e. The molecule has 3 heterocycles. The van der Waals surface area contributed by atoms with E-state index in [-0.39, 0.29) is 11.7 Å². The highest BCUT2D eigenvalue weighted by atomic mass is 32.2. The summed E-state index contributed by atoms with van der Waals surface area (Å²) >= 11 is 1.30. The van der Waals surface area contributed by atoms with Crippen LogP contribution in [0.3, 0.4) is 0 Å². The first-order valence-corrected chi connectivity index (χ1v) is 10.9. The van der Waals surface area contributed by atoms with E-state index in [9.17, 15) is 4.79 Å². The third kappa shape index (κ3) is 5.76. The fraction of sp³-hybridized carbons (Fsp3) is 0.238. The van der Waals surface area contributed by atoms with Crippen molar-refractivity contribution in [2.75, 3.05) is 24.2 Å². The van der Waals surface area contributed by atoms with Gasteiger partial charge in [-0.15, -0.1) is 0 Å². The van der Waals surface area contributed by atoms with Crippen LogP contribution in [0, 0.1) is 0 Å². The second-order valence-corrected chi connectivity index (χ2v) is 7.60. The minimum Gasteiger partial charge on any atom is -0.369 e. The number of anilines is 1. The second-order valence-electron chi connectivity index (χ2n) is 6.66. The summed E-state index contributed by atoms with van der Waals surface area (Å²) in [6, 6.07) is 12.0. The lowest BCUT2D eigenvalue weighted by Crippen LogP contribution is -2.29. The topological polar surface area (TPSA) is 111 Å². The second kappa shape index (κ2) is 10.5. The average Bonchev–Trinajstić information content (AvgIpc) is 3.23. The summed E-state index contributed by atoms with van der Waals surface area (Å²) in [6.07, 6.45) is 7.50. The van der Waals surface area contributed by atoms with Crippen LogP contribution < -0.4 is 10.6 Å². The highest BCUT2D eigenvalue weighted by molar-refractivity contribution is 7.99. The van der Waals surface area contributed by atoms with Crippen LogP contribution in [0.1, 0.15) is 5.56 Å². The molecule has 4 aromatic rings. The van der Waals surface area contributed by atoms with Crippen LogP contribution in [0.2, 0.25) is 0 Å². The number of thioether (sulfide) groups is 1. The summed E-state index contributed by atoms with van der Waals surface area (Å²) in [7, 11) is 0. The standard InChI is InChI=1S/C21H22N8OS/c30-18(14-31-21-24-8-4-9-25-21)22-11-12-29-20-17(13-28-29)19(26-15-27-20)23-10-7-16-5-2-1-3-6-16/h1-6,8-9,13,15H,7,10-12,14H2,(H,22,30)(H,23,26,27). The molecule has 0 saturated heterocycles. The van der Waals surface area contributed by atoms with Gasteiger partial charge < -0.3 is 10.6 Å². The normalized spacial score (nSPS) is 10.8. The summed E-state index contributed by atoms with van der Waals surface area (Å²) < 4.78 is 1.77. The van der Waals surface area contributed by atoms with Gasteiger partial charge in [-0.05, 0) is 18.1 Å². The van der Waals surface area contributed by atoms with Crippen molar-refractivity contribution >= 4 is 34.5 Å². The van der Waals surface area contributed by atoms with Crippen molar-refractivity contribution in [3.05, 3.63) is 66.9 Å². The summed E-state index contributed by atoms with van der Waals surface area (Å²) in [5, 5.41) is 12.1. The third-order valence-electron chi connectivity index (χ3n) is 4.50. The van der Waals surface area contributed by atoms with E-state index in [4.69, 9.17) is 0 Å². The Hall–Kier alpha value is -3.53. The Balaban J connectivity index is 1.27. The van der Waals surface area contributed by atoms with Crippen LogP contribution in [-0.2, 0) is 17.8 Å². The van der Waals surface area contributed by atoms with Gasteiger partial charge in [-0.2, -0.15) is 5.10 Å². The fourth-order valence-corrected chi connectivity index (χ4v) is 3.64. The fourth-order valence-electron chi connectivity index (χ4n) is 3.01. The summed E-state index contributed by atoms with van der Waals surface area (Å²) in [5.74, 6) is 0.948. The molecule has 158 valence electrons. The van der Waals surface area contributed by atoms with Crippen molar-refractivity contribution in [3.8, 4) is 0 Å². The Morgan fingerprint density at radius 2 is 1.84 bits per heavy atom. The van der Waals surface area contributed by atoms with Gasteiger partial charge in [0.1, 0.15) is 12.1 Å². The largest absolute Gasteiger partial charge is 0.369 e. The molecule has 1 amide bonds. The van der Waals surface area contributed by atoms with E-state index in [0.29, 0.717) is 18.2 Å². The molecule has 0 atom stereocenters. The molecule has 4 rings (SSSR count). The lowest BCUT2D eigenvalue weighted by atomic mass is 10.1. The van der Waals surface area contributed by atoms with Gasteiger partial charge in [0, 0.05) is 25.5 Å². The molecule has 0 unspecified atom stereocenters. The number of hydrogen-bond donors (Lipinski definition) is 2. The number of benzene rings is 1. The van der Waals surface area contributed by atoms with E-state index in [2.05, 4.69) is 47.8 Å². The molecule has 0 bridgehead atoms. The molecule has 0 saturated carbocycles. The molecule has 0 fully saturated rings. The van der Waals surface area contributed by atoms with E-state index in [1.54, 1.807) is 29.3 Å². The summed E-state index contributed by atoms with van der Waals surface area (Å²) in [6.45, 7) is 1.73. The number of nitrogens with zero attached hydrogens (tertiary/aromatic N) is 6. The zero-order valence-electron chi connectivity index (χ0n) is 16.8. The van der Waals surface area contributed by atoms with E-state index in [0.717, 1.165) is 29.8 Å². The van der Waals surface area contributed by atoms with Gasteiger partial charge in [0.05, 0.1) is 23.9 Å². The Morgan fingerprint density at radius 3 is 2.68 bits per heavy atom. The minimum absolute atomic E-state index is 0.0770. The number of amides is 1. The van der Waals surface area contributed by atoms with Gasteiger partial charge in [0.15, 0.2) is 10.8 Å². The van der Waals surface area contributed by atoms with Crippen molar-refractivity contribution < 1.29 is 4.79 Å². The first-order chi connectivity index (χ1) is 15.3. The molecule has 0 aliphatic heterocycles. The predicted molar refractivity (Wildman–Crippen MR) is 120 cm³/mol. The van der Waals surface area contributed by atoms with Crippen molar-refractivity contribution in [2.45, 2.75) is 18.1 Å². The van der Waals surface area contributed by atoms with Crippen molar-refractivity contribution in [1.29, 1.82) is 0 Å². The highest BCUT2D eigenvalue weighted by Crippen LogP contribution is 2.18. The number of rotatable bonds is 10. The summed E-state index contributed by atoms with van der Waals surface area (Å²) in [5.41, 5.74) is 2.00. The zero-order chi connectivity index (χ0) is 21.3. The number of nitrogens with one attached hydrogen (secondary N) is 2.